The molecule has 0 bridgehead atoms. The standard InChI is InChI=1S/C15H23BrN2/c1-14(2)9-17-10-15(3,4)18(11-14)13-7-5-12(16)6-8-13/h5-8,17H,9-11H2,1-4H3. The number of anilines is 1. The molecule has 0 aliphatic carbocycles. The van der Waals surface area contributed by atoms with Crippen LogP contribution in [-0.2, 0) is 0 Å². The van der Waals surface area contributed by atoms with E-state index in [-0.39, 0.29) is 5.54 Å². The van der Waals surface area contributed by atoms with Crippen molar-refractivity contribution in [2.75, 3.05) is 24.5 Å². The first kappa shape index (κ1) is 13.9. The largest absolute Gasteiger partial charge is 0.365 e. The maximum absolute atomic E-state index is 3.59. The molecule has 1 aliphatic rings. The average Bonchev–Trinajstić information content (AvgIpc) is 2.36. The van der Waals surface area contributed by atoms with Gasteiger partial charge in [0.05, 0.1) is 0 Å². The first-order valence-electron chi connectivity index (χ1n) is 6.54. The van der Waals surface area contributed by atoms with Crippen molar-refractivity contribution in [3.63, 3.8) is 0 Å². The summed E-state index contributed by atoms with van der Waals surface area (Å²) in [5.74, 6) is 0. The first-order valence-corrected chi connectivity index (χ1v) is 7.33. The van der Waals surface area contributed by atoms with Crippen molar-refractivity contribution in [3.05, 3.63) is 28.7 Å². The van der Waals surface area contributed by atoms with Crippen LogP contribution in [0.3, 0.4) is 0 Å². The number of hydrogen-bond donors (Lipinski definition) is 1. The third-order valence-electron chi connectivity index (χ3n) is 3.62. The second-order valence-electron chi connectivity index (χ2n) is 6.64. The number of nitrogens with one attached hydrogen (secondary N) is 1. The van der Waals surface area contributed by atoms with E-state index in [1.165, 1.54) is 5.69 Å². The molecular formula is C15H23BrN2. The molecule has 1 aliphatic heterocycles. The lowest BCUT2D eigenvalue weighted by atomic mass is 9.91. The molecule has 0 saturated carbocycles. The zero-order valence-electron chi connectivity index (χ0n) is 11.8. The summed E-state index contributed by atoms with van der Waals surface area (Å²) in [6.07, 6.45) is 0. The lowest BCUT2D eigenvalue weighted by Gasteiger charge is -2.41. The van der Waals surface area contributed by atoms with Gasteiger partial charge in [-0.25, -0.2) is 0 Å². The SMILES string of the molecule is CC1(C)CNCC(C)(C)N(c2ccc(Br)cc2)C1. The van der Waals surface area contributed by atoms with Crippen LogP contribution in [-0.4, -0.2) is 25.2 Å². The molecule has 0 aromatic heterocycles. The van der Waals surface area contributed by atoms with Gasteiger partial charge >= 0.3 is 0 Å². The Morgan fingerprint density at radius 2 is 1.67 bits per heavy atom. The number of nitrogens with zero attached hydrogens (tertiary/aromatic N) is 1. The maximum atomic E-state index is 3.59. The molecule has 0 radical (unpaired) electrons. The molecule has 2 rings (SSSR count). The third-order valence-corrected chi connectivity index (χ3v) is 4.14. The van der Waals surface area contributed by atoms with E-state index >= 15 is 0 Å². The van der Waals surface area contributed by atoms with Gasteiger partial charge in [0.25, 0.3) is 0 Å². The Balaban J connectivity index is 2.34. The van der Waals surface area contributed by atoms with E-state index in [0.717, 1.165) is 24.1 Å². The van der Waals surface area contributed by atoms with Crippen LogP contribution < -0.4 is 10.2 Å². The lowest BCUT2D eigenvalue weighted by molar-refractivity contribution is 0.365. The van der Waals surface area contributed by atoms with Gasteiger partial charge in [0.1, 0.15) is 0 Å². The highest BCUT2D eigenvalue weighted by molar-refractivity contribution is 9.10. The van der Waals surface area contributed by atoms with Crippen LogP contribution in [0.4, 0.5) is 5.69 Å². The van der Waals surface area contributed by atoms with Crippen molar-refractivity contribution in [1.29, 1.82) is 0 Å². The molecule has 1 aromatic carbocycles. The highest BCUT2D eigenvalue weighted by Crippen LogP contribution is 2.31. The Morgan fingerprint density at radius 3 is 2.28 bits per heavy atom. The fourth-order valence-electron chi connectivity index (χ4n) is 2.56. The van der Waals surface area contributed by atoms with Gasteiger partial charge in [-0.1, -0.05) is 29.8 Å². The molecule has 1 saturated heterocycles. The summed E-state index contributed by atoms with van der Waals surface area (Å²) in [6.45, 7) is 12.4. The van der Waals surface area contributed by atoms with Gasteiger partial charge in [0.15, 0.2) is 0 Å². The van der Waals surface area contributed by atoms with Crippen molar-refractivity contribution >= 4 is 21.6 Å². The molecular weight excluding hydrogens is 288 g/mol. The van der Waals surface area contributed by atoms with E-state index in [4.69, 9.17) is 0 Å². The minimum atomic E-state index is 0.140. The zero-order valence-corrected chi connectivity index (χ0v) is 13.3. The monoisotopic (exact) mass is 310 g/mol. The number of rotatable bonds is 1. The molecule has 1 aromatic rings. The summed E-state index contributed by atoms with van der Waals surface area (Å²) in [7, 11) is 0. The molecule has 1 N–H and O–H groups in total. The maximum Gasteiger partial charge on any atom is 0.0470 e. The van der Waals surface area contributed by atoms with Crippen LogP contribution in [0.15, 0.2) is 28.7 Å². The molecule has 3 heteroatoms. The van der Waals surface area contributed by atoms with E-state index in [9.17, 15) is 0 Å². The minimum absolute atomic E-state index is 0.140. The molecule has 2 nitrogen and oxygen atoms in total. The van der Waals surface area contributed by atoms with Crippen LogP contribution in [0.25, 0.3) is 0 Å². The fraction of sp³-hybridized carbons (Fsp3) is 0.600. The molecule has 100 valence electrons. The highest BCUT2D eigenvalue weighted by Gasteiger charge is 2.35. The molecule has 1 heterocycles. The van der Waals surface area contributed by atoms with Crippen molar-refractivity contribution in [3.8, 4) is 0 Å². The van der Waals surface area contributed by atoms with Crippen LogP contribution in [0.2, 0.25) is 0 Å². The summed E-state index contributed by atoms with van der Waals surface area (Å²) < 4.78 is 1.14. The Kier molecular flexibility index (Phi) is 3.75. The average molecular weight is 311 g/mol. The Morgan fingerprint density at radius 1 is 1.06 bits per heavy atom. The smallest absolute Gasteiger partial charge is 0.0470 e. The summed E-state index contributed by atoms with van der Waals surface area (Å²) in [6, 6.07) is 8.65. The third kappa shape index (κ3) is 3.07. The van der Waals surface area contributed by atoms with Gasteiger partial charge in [-0.15, -0.1) is 0 Å². The van der Waals surface area contributed by atoms with Gasteiger partial charge in [-0.05, 0) is 43.5 Å². The van der Waals surface area contributed by atoms with E-state index in [2.05, 4.69) is 78.1 Å². The zero-order chi connectivity index (χ0) is 13.4. The highest BCUT2D eigenvalue weighted by atomic mass is 79.9. The normalized spacial score (nSPS) is 22.6. The summed E-state index contributed by atoms with van der Waals surface area (Å²) in [4.78, 5) is 2.53. The molecule has 18 heavy (non-hydrogen) atoms. The lowest BCUT2D eigenvalue weighted by Crippen LogP contribution is -2.49. The predicted octanol–water partition coefficient (Wildman–Crippen LogP) is 3.66. The number of halogens is 1. The van der Waals surface area contributed by atoms with Crippen LogP contribution >= 0.6 is 15.9 Å². The Bertz CT molecular complexity index is 409. The second kappa shape index (κ2) is 4.86. The quantitative estimate of drug-likeness (QED) is 0.851. The molecule has 0 amide bonds. The van der Waals surface area contributed by atoms with Gasteiger partial charge in [-0.3, -0.25) is 0 Å². The van der Waals surface area contributed by atoms with Crippen LogP contribution in [0.5, 0.6) is 0 Å². The van der Waals surface area contributed by atoms with Gasteiger partial charge in [0, 0.05) is 35.3 Å². The van der Waals surface area contributed by atoms with Crippen LogP contribution in [0.1, 0.15) is 27.7 Å². The fourth-order valence-corrected chi connectivity index (χ4v) is 2.83. The topological polar surface area (TPSA) is 15.3 Å². The van der Waals surface area contributed by atoms with E-state index < -0.39 is 0 Å². The van der Waals surface area contributed by atoms with E-state index in [0.29, 0.717) is 5.41 Å². The van der Waals surface area contributed by atoms with Crippen molar-refractivity contribution in [2.24, 2.45) is 5.41 Å². The Hall–Kier alpha value is -0.540. The van der Waals surface area contributed by atoms with Crippen molar-refractivity contribution in [1.82, 2.24) is 5.32 Å². The number of hydrogen-bond acceptors (Lipinski definition) is 2. The molecule has 0 unspecified atom stereocenters. The predicted molar refractivity (Wildman–Crippen MR) is 82.2 cm³/mol. The van der Waals surface area contributed by atoms with Gasteiger partial charge in [-0.2, -0.15) is 0 Å². The summed E-state index contributed by atoms with van der Waals surface area (Å²) in [5.41, 5.74) is 1.74. The van der Waals surface area contributed by atoms with Gasteiger partial charge in [0.2, 0.25) is 0 Å². The summed E-state index contributed by atoms with van der Waals surface area (Å²) >= 11 is 3.50. The Labute approximate surface area is 119 Å². The molecule has 0 spiro atoms. The summed E-state index contributed by atoms with van der Waals surface area (Å²) in [5, 5.41) is 3.59. The minimum Gasteiger partial charge on any atom is -0.365 e. The van der Waals surface area contributed by atoms with Crippen LogP contribution in [0, 0.1) is 5.41 Å². The van der Waals surface area contributed by atoms with Crippen molar-refractivity contribution < 1.29 is 0 Å². The molecule has 1 fully saturated rings. The number of benzene rings is 1. The molecule has 0 atom stereocenters. The van der Waals surface area contributed by atoms with Gasteiger partial charge < -0.3 is 10.2 Å². The van der Waals surface area contributed by atoms with Crippen molar-refractivity contribution in [2.45, 2.75) is 33.2 Å². The van der Waals surface area contributed by atoms with E-state index in [1.54, 1.807) is 0 Å². The first-order chi connectivity index (χ1) is 8.30. The van der Waals surface area contributed by atoms with E-state index in [1.807, 2.05) is 0 Å². The second-order valence-corrected chi connectivity index (χ2v) is 7.56.